The molecule has 1 aromatic carbocycles. The van der Waals surface area contributed by atoms with Gasteiger partial charge in [-0.2, -0.15) is 0 Å². The summed E-state index contributed by atoms with van der Waals surface area (Å²) in [6.07, 6.45) is 2.80. The zero-order valence-corrected chi connectivity index (χ0v) is 13.7. The Morgan fingerprint density at radius 1 is 1.23 bits per heavy atom. The van der Waals surface area contributed by atoms with Crippen molar-refractivity contribution in [3.8, 4) is 0 Å². The van der Waals surface area contributed by atoms with Crippen LogP contribution < -0.4 is 10.2 Å². The maximum Gasteiger partial charge on any atom is 0.226 e. The molecular formula is C17H21N3OS. The molecular weight excluding hydrogens is 294 g/mol. The Morgan fingerprint density at radius 3 is 2.73 bits per heavy atom. The van der Waals surface area contributed by atoms with Gasteiger partial charge >= 0.3 is 0 Å². The number of aryl methyl sites for hydroxylation is 1. The standard InChI is InChI=1S/C17H21N3OS/c1-13-19-15(12-22-13)11-18-10-14-5-7-16(8-6-14)20-9-3-2-4-17(20)21/h5-8,12,18H,2-4,9-11H2,1H3. The molecule has 0 saturated carbocycles. The number of carbonyl (C=O) groups is 1. The number of nitrogens with one attached hydrogen (secondary N) is 1. The molecule has 3 rings (SSSR count). The van der Waals surface area contributed by atoms with Gasteiger partial charge < -0.3 is 10.2 Å². The molecule has 1 aliphatic rings. The number of benzene rings is 1. The number of nitrogens with zero attached hydrogens (tertiary/aromatic N) is 2. The minimum absolute atomic E-state index is 0.246. The molecule has 0 atom stereocenters. The fourth-order valence-electron chi connectivity index (χ4n) is 2.70. The number of thiazole rings is 1. The molecule has 0 radical (unpaired) electrons. The largest absolute Gasteiger partial charge is 0.312 e. The van der Waals surface area contributed by atoms with E-state index in [1.54, 1.807) is 11.3 Å². The van der Waals surface area contributed by atoms with Crippen LogP contribution in [0.3, 0.4) is 0 Å². The van der Waals surface area contributed by atoms with E-state index in [1.165, 1.54) is 5.56 Å². The van der Waals surface area contributed by atoms with Crippen molar-refractivity contribution in [2.24, 2.45) is 0 Å². The molecule has 2 aromatic rings. The third-order valence-electron chi connectivity index (χ3n) is 3.87. The van der Waals surface area contributed by atoms with Gasteiger partial charge in [-0.25, -0.2) is 4.98 Å². The second kappa shape index (κ2) is 7.03. The number of hydrogen-bond donors (Lipinski definition) is 1. The van der Waals surface area contributed by atoms with E-state index < -0.39 is 0 Å². The van der Waals surface area contributed by atoms with Crippen LogP contribution in [-0.4, -0.2) is 17.4 Å². The van der Waals surface area contributed by atoms with E-state index in [1.807, 2.05) is 24.0 Å². The van der Waals surface area contributed by atoms with Gasteiger partial charge in [0.05, 0.1) is 10.7 Å². The molecule has 0 aliphatic carbocycles. The molecule has 1 N–H and O–H groups in total. The number of carbonyl (C=O) groups excluding carboxylic acids is 1. The Hall–Kier alpha value is -1.72. The summed E-state index contributed by atoms with van der Waals surface area (Å²) in [6.45, 7) is 4.47. The average Bonchev–Trinajstić information content (AvgIpc) is 2.94. The predicted molar refractivity (Wildman–Crippen MR) is 90.0 cm³/mol. The summed E-state index contributed by atoms with van der Waals surface area (Å²) in [4.78, 5) is 18.3. The molecule has 116 valence electrons. The van der Waals surface area contributed by atoms with E-state index in [-0.39, 0.29) is 5.91 Å². The first-order chi connectivity index (χ1) is 10.7. The fourth-order valence-corrected chi connectivity index (χ4v) is 3.31. The smallest absolute Gasteiger partial charge is 0.226 e. The lowest BCUT2D eigenvalue weighted by atomic mass is 10.1. The first kappa shape index (κ1) is 15.2. The molecule has 0 bridgehead atoms. The molecule has 0 spiro atoms. The summed E-state index contributed by atoms with van der Waals surface area (Å²) in [5.41, 5.74) is 3.33. The van der Waals surface area contributed by atoms with E-state index in [2.05, 4.69) is 27.8 Å². The maximum absolute atomic E-state index is 11.9. The highest BCUT2D eigenvalue weighted by atomic mass is 32.1. The third kappa shape index (κ3) is 3.72. The molecule has 4 nitrogen and oxygen atoms in total. The van der Waals surface area contributed by atoms with Crippen LogP contribution in [0.15, 0.2) is 29.6 Å². The van der Waals surface area contributed by atoms with Crippen LogP contribution in [0.5, 0.6) is 0 Å². The van der Waals surface area contributed by atoms with E-state index in [0.29, 0.717) is 6.42 Å². The minimum atomic E-state index is 0.246. The van der Waals surface area contributed by atoms with Crippen LogP contribution in [0.1, 0.15) is 35.5 Å². The second-order valence-electron chi connectivity index (χ2n) is 5.63. The summed E-state index contributed by atoms with van der Waals surface area (Å²) >= 11 is 1.68. The van der Waals surface area contributed by atoms with Crippen molar-refractivity contribution in [3.63, 3.8) is 0 Å². The monoisotopic (exact) mass is 315 g/mol. The van der Waals surface area contributed by atoms with Crippen LogP contribution in [0.25, 0.3) is 0 Å². The second-order valence-corrected chi connectivity index (χ2v) is 6.69. The first-order valence-electron chi connectivity index (χ1n) is 7.73. The Morgan fingerprint density at radius 2 is 2.05 bits per heavy atom. The van der Waals surface area contributed by atoms with Gasteiger partial charge in [-0.3, -0.25) is 4.79 Å². The van der Waals surface area contributed by atoms with Gasteiger partial charge in [0.1, 0.15) is 0 Å². The molecule has 5 heteroatoms. The molecule has 1 aromatic heterocycles. The lowest BCUT2D eigenvalue weighted by Crippen LogP contribution is -2.35. The Balaban J connectivity index is 1.54. The number of piperidine rings is 1. The van der Waals surface area contributed by atoms with Crippen LogP contribution in [0, 0.1) is 6.92 Å². The molecule has 0 unspecified atom stereocenters. The van der Waals surface area contributed by atoms with Crippen molar-refractivity contribution in [1.82, 2.24) is 10.3 Å². The van der Waals surface area contributed by atoms with Crippen LogP contribution >= 0.6 is 11.3 Å². The van der Waals surface area contributed by atoms with Gasteiger partial charge in [0.15, 0.2) is 0 Å². The summed E-state index contributed by atoms with van der Waals surface area (Å²) in [5.74, 6) is 0.246. The number of aromatic nitrogens is 1. The lowest BCUT2D eigenvalue weighted by Gasteiger charge is -2.26. The van der Waals surface area contributed by atoms with Gasteiger partial charge in [-0.05, 0) is 37.5 Å². The van der Waals surface area contributed by atoms with Crippen molar-refractivity contribution in [2.45, 2.75) is 39.3 Å². The summed E-state index contributed by atoms with van der Waals surface area (Å²) in [6, 6.07) is 8.29. The zero-order valence-electron chi connectivity index (χ0n) is 12.8. The number of anilines is 1. The highest BCUT2D eigenvalue weighted by Gasteiger charge is 2.19. The van der Waals surface area contributed by atoms with Gasteiger partial charge in [-0.1, -0.05) is 12.1 Å². The topological polar surface area (TPSA) is 45.2 Å². The van der Waals surface area contributed by atoms with E-state index >= 15 is 0 Å². The minimum Gasteiger partial charge on any atom is -0.312 e. The Kier molecular flexibility index (Phi) is 4.85. The van der Waals surface area contributed by atoms with Crippen molar-refractivity contribution >= 4 is 22.9 Å². The average molecular weight is 315 g/mol. The molecule has 1 amide bonds. The summed E-state index contributed by atoms with van der Waals surface area (Å²) < 4.78 is 0. The zero-order chi connectivity index (χ0) is 15.4. The molecule has 1 fully saturated rings. The van der Waals surface area contributed by atoms with Crippen LogP contribution in [0.2, 0.25) is 0 Å². The quantitative estimate of drug-likeness (QED) is 0.921. The Labute approximate surface area is 135 Å². The van der Waals surface area contributed by atoms with Gasteiger partial charge in [0.25, 0.3) is 0 Å². The van der Waals surface area contributed by atoms with E-state index in [4.69, 9.17) is 0 Å². The molecule has 1 aliphatic heterocycles. The summed E-state index contributed by atoms with van der Waals surface area (Å²) in [7, 11) is 0. The molecule has 22 heavy (non-hydrogen) atoms. The van der Waals surface area contributed by atoms with Gasteiger partial charge in [0.2, 0.25) is 5.91 Å². The van der Waals surface area contributed by atoms with Gasteiger partial charge in [0, 0.05) is 37.1 Å². The van der Waals surface area contributed by atoms with E-state index in [9.17, 15) is 4.79 Å². The Bertz CT molecular complexity index is 636. The van der Waals surface area contributed by atoms with Crippen molar-refractivity contribution in [2.75, 3.05) is 11.4 Å². The molecule has 2 heterocycles. The van der Waals surface area contributed by atoms with Crippen LogP contribution in [0.4, 0.5) is 5.69 Å². The normalized spacial score (nSPS) is 15.3. The maximum atomic E-state index is 11.9. The van der Waals surface area contributed by atoms with Gasteiger partial charge in [-0.15, -0.1) is 11.3 Å². The van der Waals surface area contributed by atoms with E-state index in [0.717, 1.165) is 48.9 Å². The fraction of sp³-hybridized carbons (Fsp3) is 0.412. The summed E-state index contributed by atoms with van der Waals surface area (Å²) in [5, 5.41) is 6.60. The van der Waals surface area contributed by atoms with Crippen LogP contribution in [-0.2, 0) is 17.9 Å². The third-order valence-corrected chi connectivity index (χ3v) is 4.70. The van der Waals surface area contributed by atoms with Crippen molar-refractivity contribution in [1.29, 1.82) is 0 Å². The van der Waals surface area contributed by atoms with Crippen molar-refractivity contribution in [3.05, 3.63) is 45.9 Å². The SMILES string of the molecule is Cc1nc(CNCc2ccc(N3CCCCC3=O)cc2)cs1. The van der Waals surface area contributed by atoms with Crippen molar-refractivity contribution < 1.29 is 4.79 Å². The number of amides is 1. The first-order valence-corrected chi connectivity index (χ1v) is 8.61. The molecule has 1 saturated heterocycles. The lowest BCUT2D eigenvalue weighted by molar-refractivity contribution is -0.119. The highest BCUT2D eigenvalue weighted by Crippen LogP contribution is 2.21. The number of hydrogen-bond acceptors (Lipinski definition) is 4. The highest BCUT2D eigenvalue weighted by molar-refractivity contribution is 7.09. The number of rotatable bonds is 5. The predicted octanol–water partition coefficient (Wildman–Crippen LogP) is 3.26.